The van der Waals surface area contributed by atoms with Crippen molar-refractivity contribution in [2.75, 3.05) is 31.1 Å². The molecule has 128 valence electrons. The van der Waals surface area contributed by atoms with E-state index in [4.69, 9.17) is 4.42 Å². The monoisotopic (exact) mass is 328 g/mol. The van der Waals surface area contributed by atoms with Gasteiger partial charge in [-0.25, -0.2) is 0 Å². The van der Waals surface area contributed by atoms with E-state index in [1.54, 1.807) is 0 Å². The summed E-state index contributed by atoms with van der Waals surface area (Å²) in [4.78, 5) is 17.0. The Morgan fingerprint density at radius 1 is 1.00 bits per heavy atom. The Kier molecular flexibility index (Phi) is 4.55. The first kappa shape index (κ1) is 16.5. The number of nitrogens with zero attached hydrogens (tertiary/aromatic N) is 4. The molecular formula is C18H24N4O2. The number of anilines is 1. The van der Waals surface area contributed by atoms with Crippen LogP contribution in [0.2, 0.25) is 0 Å². The summed E-state index contributed by atoms with van der Waals surface area (Å²) in [6, 6.07) is 3.96. The van der Waals surface area contributed by atoms with Gasteiger partial charge in [-0.05, 0) is 46.2 Å². The number of rotatable bonds is 2. The van der Waals surface area contributed by atoms with Crippen LogP contribution in [0.1, 0.15) is 39.6 Å². The van der Waals surface area contributed by atoms with Crippen LogP contribution in [0, 0.1) is 27.7 Å². The summed E-state index contributed by atoms with van der Waals surface area (Å²) < 4.78 is 5.61. The lowest BCUT2D eigenvalue weighted by Crippen LogP contribution is -2.35. The summed E-state index contributed by atoms with van der Waals surface area (Å²) in [5.41, 5.74) is 2.57. The molecule has 1 saturated heterocycles. The van der Waals surface area contributed by atoms with Crippen LogP contribution in [0.3, 0.4) is 0 Å². The molecule has 6 nitrogen and oxygen atoms in total. The summed E-state index contributed by atoms with van der Waals surface area (Å²) in [7, 11) is 0. The highest BCUT2D eigenvalue weighted by atomic mass is 16.3. The highest BCUT2D eigenvalue weighted by Gasteiger charge is 2.26. The summed E-state index contributed by atoms with van der Waals surface area (Å²) in [5.74, 6) is 2.47. The molecule has 2 aromatic heterocycles. The average Bonchev–Trinajstić information content (AvgIpc) is 2.73. The third-order valence-corrected chi connectivity index (χ3v) is 4.67. The molecule has 1 aliphatic rings. The molecule has 1 aliphatic heterocycles. The second-order valence-electron chi connectivity index (χ2n) is 6.38. The number of aryl methyl sites for hydroxylation is 3. The van der Waals surface area contributed by atoms with Crippen LogP contribution in [0.4, 0.5) is 5.82 Å². The Labute approximate surface area is 142 Å². The van der Waals surface area contributed by atoms with Crippen molar-refractivity contribution < 1.29 is 9.21 Å². The lowest BCUT2D eigenvalue weighted by atomic mass is 10.1. The van der Waals surface area contributed by atoms with E-state index in [0.717, 1.165) is 54.5 Å². The number of aromatic nitrogens is 2. The fraction of sp³-hybridized carbons (Fsp3) is 0.500. The first-order chi connectivity index (χ1) is 11.5. The van der Waals surface area contributed by atoms with E-state index >= 15 is 0 Å². The fourth-order valence-corrected chi connectivity index (χ4v) is 3.18. The smallest absolute Gasteiger partial charge is 0.257 e. The number of carbonyl (C=O) groups excluding carboxylic acids is 1. The van der Waals surface area contributed by atoms with Gasteiger partial charge in [0.25, 0.3) is 5.91 Å². The summed E-state index contributed by atoms with van der Waals surface area (Å²) in [6.07, 6.45) is 0.913. The third kappa shape index (κ3) is 3.13. The molecule has 0 aliphatic carbocycles. The highest BCUT2D eigenvalue weighted by Crippen LogP contribution is 2.23. The topological polar surface area (TPSA) is 62.5 Å². The predicted octanol–water partition coefficient (Wildman–Crippen LogP) is 2.66. The van der Waals surface area contributed by atoms with Crippen LogP contribution >= 0.6 is 0 Å². The SMILES string of the molecule is Cc1ccc(N2CCCN(C(=O)c3c(C)oc(C)c3C)CC2)nn1. The van der Waals surface area contributed by atoms with Gasteiger partial charge in [-0.3, -0.25) is 4.79 Å². The molecule has 0 N–H and O–H groups in total. The van der Waals surface area contributed by atoms with Gasteiger partial charge in [0.05, 0.1) is 11.3 Å². The summed E-state index contributed by atoms with van der Waals surface area (Å²) in [6.45, 7) is 10.7. The van der Waals surface area contributed by atoms with Crippen molar-refractivity contribution in [3.8, 4) is 0 Å². The molecule has 6 heteroatoms. The maximum atomic E-state index is 12.9. The van der Waals surface area contributed by atoms with E-state index in [9.17, 15) is 4.79 Å². The second kappa shape index (κ2) is 6.63. The summed E-state index contributed by atoms with van der Waals surface area (Å²) >= 11 is 0. The summed E-state index contributed by atoms with van der Waals surface area (Å²) in [5, 5.41) is 8.39. The second-order valence-corrected chi connectivity index (χ2v) is 6.38. The van der Waals surface area contributed by atoms with E-state index in [2.05, 4.69) is 15.1 Å². The van der Waals surface area contributed by atoms with Crippen molar-refractivity contribution in [3.63, 3.8) is 0 Å². The zero-order chi connectivity index (χ0) is 17.3. The van der Waals surface area contributed by atoms with Gasteiger partial charge in [0, 0.05) is 31.7 Å². The normalized spacial score (nSPS) is 15.5. The van der Waals surface area contributed by atoms with E-state index in [0.29, 0.717) is 12.3 Å². The quantitative estimate of drug-likeness (QED) is 0.848. The van der Waals surface area contributed by atoms with Gasteiger partial charge < -0.3 is 14.2 Å². The van der Waals surface area contributed by atoms with Gasteiger partial charge in [-0.15, -0.1) is 5.10 Å². The number of amides is 1. The molecular weight excluding hydrogens is 304 g/mol. The highest BCUT2D eigenvalue weighted by molar-refractivity contribution is 5.97. The van der Waals surface area contributed by atoms with E-state index in [1.165, 1.54) is 0 Å². The van der Waals surface area contributed by atoms with Crippen molar-refractivity contribution in [2.45, 2.75) is 34.1 Å². The van der Waals surface area contributed by atoms with E-state index in [-0.39, 0.29) is 5.91 Å². The van der Waals surface area contributed by atoms with Gasteiger partial charge >= 0.3 is 0 Å². The van der Waals surface area contributed by atoms with Gasteiger partial charge in [-0.1, -0.05) is 0 Å². The molecule has 2 aromatic rings. The predicted molar refractivity (Wildman–Crippen MR) is 92.4 cm³/mol. The van der Waals surface area contributed by atoms with E-state index < -0.39 is 0 Å². The molecule has 0 saturated carbocycles. The number of carbonyl (C=O) groups is 1. The Hall–Kier alpha value is -2.37. The minimum absolute atomic E-state index is 0.0682. The molecule has 1 amide bonds. The molecule has 3 heterocycles. The minimum Gasteiger partial charge on any atom is -0.466 e. The molecule has 0 unspecified atom stereocenters. The number of hydrogen-bond acceptors (Lipinski definition) is 5. The van der Waals surface area contributed by atoms with Crippen molar-refractivity contribution in [2.24, 2.45) is 0 Å². The van der Waals surface area contributed by atoms with Crippen LogP contribution in [0.25, 0.3) is 0 Å². The van der Waals surface area contributed by atoms with Crippen molar-refractivity contribution >= 4 is 11.7 Å². The van der Waals surface area contributed by atoms with E-state index in [1.807, 2.05) is 44.7 Å². The average molecular weight is 328 g/mol. The molecule has 24 heavy (non-hydrogen) atoms. The number of hydrogen-bond donors (Lipinski definition) is 0. The van der Waals surface area contributed by atoms with Crippen molar-refractivity contribution in [1.29, 1.82) is 0 Å². The molecule has 0 aromatic carbocycles. The maximum Gasteiger partial charge on any atom is 0.257 e. The Balaban J connectivity index is 1.73. The van der Waals surface area contributed by atoms with Crippen LogP contribution < -0.4 is 4.90 Å². The molecule has 0 bridgehead atoms. The zero-order valence-electron chi connectivity index (χ0n) is 14.8. The largest absolute Gasteiger partial charge is 0.466 e. The lowest BCUT2D eigenvalue weighted by Gasteiger charge is -2.22. The molecule has 0 spiro atoms. The maximum absolute atomic E-state index is 12.9. The zero-order valence-corrected chi connectivity index (χ0v) is 14.8. The number of furan rings is 1. The molecule has 0 atom stereocenters. The Morgan fingerprint density at radius 2 is 1.79 bits per heavy atom. The Bertz CT molecular complexity index is 736. The minimum atomic E-state index is 0.0682. The molecule has 3 rings (SSSR count). The molecule has 1 fully saturated rings. The van der Waals surface area contributed by atoms with Crippen LogP contribution in [-0.2, 0) is 0 Å². The van der Waals surface area contributed by atoms with Gasteiger partial charge in [0.15, 0.2) is 5.82 Å². The standard InChI is InChI=1S/C18H24N4O2/c1-12-6-7-16(20-19-12)21-8-5-9-22(11-10-21)18(23)17-13(2)14(3)24-15(17)4/h6-7H,5,8-11H2,1-4H3. The van der Waals surface area contributed by atoms with Crippen LogP contribution in [0.15, 0.2) is 16.5 Å². The fourth-order valence-electron chi connectivity index (χ4n) is 3.18. The van der Waals surface area contributed by atoms with Gasteiger partial charge in [0.1, 0.15) is 11.5 Å². The van der Waals surface area contributed by atoms with Crippen molar-refractivity contribution in [1.82, 2.24) is 15.1 Å². The van der Waals surface area contributed by atoms with Gasteiger partial charge in [-0.2, -0.15) is 5.10 Å². The first-order valence-electron chi connectivity index (χ1n) is 8.38. The van der Waals surface area contributed by atoms with Gasteiger partial charge in [0.2, 0.25) is 0 Å². The third-order valence-electron chi connectivity index (χ3n) is 4.67. The van der Waals surface area contributed by atoms with Crippen LogP contribution in [-0.4, -0.2) is 47.2 Å². The lowest BCUT2D eigenvalue weighted by molar-refractivity contribution is 0.0764. The first-order valence-corrected chi connectivity index (χ1v) is 8.38. The van der Waals surface area contributed by atoms with Crippen LogP contribution in [0.5, 0.6) is 0 Å². The molecule has 0 radical (unpaired) electrons. The van der Waals surface area contributed by atoms with Crippen molar-refractivity contribution in [3.05, 3.63) is 40.5 Å². The Morgan fingerprint density at radius 3 is 2.42 bits per heavy atom.